The van der Waals surface area contributed by atoms with Gasteiger partial charge in [-0.25, -0.2) is 5.43 Å². The highest BCUT2D eigenvalue weighted by molar-refractivity contribution is 9.10. The van der Waals surface area contributed by atoms with Crippen LogP contribution in [0.3, 0.4) is 0 Å². The second-order valence-electron chi connectivity index (χ2n) is 4.78. The zero-order valence-corrected chi connectivity index (χ0v) is 14.9. The maximum Gasteiger partial charge on any atom is 0.277 e. The summed E-state index contributed by atoms with van der Waals surface area (Å²) in [7, 11) is 1.58. The molecule has 24 heavy (non-hydrogen) atoms. The minimum Gasteiger partial charge on any atom is -0.497 e. The summed E-state index contributed by atoms with van der Waals surface area (Å²) < 4.78 is 16.4. The number of halogens is 1. The lowest BCUT2D eigenvalue weighted by atomic mass is 10.3. The smallest absolute Gasteiger partial charge is 0.277 e. The molecule has 6 nitrogen and oxygen atoms in total. The van der Waals surface area contributed by atoms with Crippen molar-refractivity contribution in [2.45, 2.75) is 6.92 Å². The number of nitrogens with zero attached hydrogens (tertiary/aromatic N) is 1. The third kappa shape index (κ3) is 5.58. The Morgan fingerprint density at radius 3 is 2.92 bits per heavy atom. The lowest BCUT2D eigenvalue weighted by Gasteiger charge is -2.08. The number of hydrazone groups is 1. The number of furan rings is 1. The minimum absolute atomic E-state index is 0.150. The number of amides is 1. The molecule has 126 valence electrons. The SMILES string of the molecule is COc1ccc(OCC(=O)NN=C/C(C)=C/c2ccco2)c(Br)c1. The Morgan fingerprint density at radius 2 is 2.25 bits per heavy atom. The summed E-state index contributed by atoms with van der Waals surface area (Å²) in [6.07, 6.45) is 4.93. The third-order valence-electron chi connectivity index (χ3n) is 2.87. The van der Waals surface area contributed by atoms with Crippen LogP contribution in [0, 0.1) is 0 Å². The van der Waals surface area contributed by atoms with Gasteiger partial charge in [-0.1, -0.05) is 0 Å². The van der Waals surface area contributed by atoms with Gasteiger partial charge in [0.25, 0.3) is 5.91 Å². The van der Waals surface area contributed by atoms with Gasteiger partial charge in [0.2, 0.25) is 0 Å². The van der Waals surface area contributed by atoms with Crippen molar-refractivity contribution in [3.05, 3.63) is 52.4 Å². The molecule has 0 radical (unpaired) electrons. The standard InChI is InChI=1S/C17H17BrN2O4/c1-12(8-14-4-3-7-23-14)10-19-20-17(21)11-24-16-6-5-13(22-2)9-15(16)18/h3-10H,11H2,1-2H3,(H,20,21)/b12-8+,19-10?. The topological polar surface area (TPSA) is 73.1 Å². The van der Waals surface area contributed by atoms with Gasteiger partial charge >= 0.3 is 0 Å². The van der Waals surface area contributed by atoms with Gasteiger partial charge in [0.05, 0.1) is 24.1 Å². The van der Waals surface area contributed by atoms with Gasteiger partial charge in [-0.15, -0.1) is 0 Å². The van der Waals surface area contributed by atoms with Gasteiger partial charge in [0, 0.05) is 0 Å². The average molecular weight is 393 g/mol. The summed E-state index contributed by atoms with van der Waals surface area (Å²) >= 11 is 3.36. The average Bonchev–Trinajstić information content (AvgIpc) is 3.06. The number of rotatable bonds is 7. The van der Waals surface area contributed by atoms with E-state index in [1.54, 1.807) is 43.7 Å². The fourth-order valence-corrected chi connectivity index (χ4v) is 2.21. The molecule has 1 aromatic heterocycles. The van der Waals surface area contributed by atoms with Gasteiger partial charge in [0.15, 0.2) is 6.61 Å². The van der Waals surface area contributed by atoms with E-state index < -0.39 is 0 Å². The number of methoxy groups -OCH3 is 1. The molecule has 0 bridgehead atoms. The molecule has 0 aliphatic carbocycles. The van der Waals surface area contributed by atoms with E-state index in [1.807, 2.05) is 13.0 Å². The highest BCUT2D eigenvalue weighted by Crippen LogP contribution is 2.28. The number of carbonyl (C=O) groups is 1. The fraction of sp³-hybridized carbons (Fsp3) is 0.176. The normalized spacial score (nSPS) is 11.5. The number of ether oxygens (including phenoxy) is 2. The minimum atomic E-state index is -0.361. The molecule has 0 aliphatic heterocycles. The Kier molecular flexibility index (Phi) is 6.62. The lowest BCUT2D eigenvalue weighted by Crippen LogP contribution is -2.24. The molecule has 0 fully saturated rings. The molecule has 1 amide bonds. The van der Waals surface area contributed by atoms with Crippen molar-refractivity contribution in [1.82, 2.24) is 5.43 Å². The largest absolute Gasteiger partial charge is 0.497 e. The van der Waals surface area contributed by atoms with E-state index in [1.165, 1.54) is 6.21 Å². The van der Waals surface area contributed by atoms with Crippen molar-refractivity contribution in [2.75, 3.05) is 13.7 Å². The zero-order chi connectivity index (χ0) is 17.4. The van der Waals surface area contributed by atoms with Gasteiger partial charge in [-0.2, -0.15) is 5.10 Å². The van der Waals surface area contributed by atoms with E-state index in [0.717, 1.165) is 11.3 Å². The Balaban J connectivity index is 1.80. The first-order valence-corrected chi connectivity index (χ1v) is 7.88. The second kappa shape index (κ2) is 8.93. The molecule has 0 saturated heterocycles. The molecule has 2 aromatic rings. The Hall–Kier alpha value is -2.54. The van der Waals surface area contributed by atoms with Crippen molar-refractivity contribution in [1.29, 1.82) is 0 Å². The summed E-state index contributed by atoms with van der Waals surface area (Å²) in [4.78, 5) is 11.7. The van der Waals surface area contributed by atoms with Gasteiger partial charge < -0.3 is 13.9 Å². The van der Waals surface area contributed by atoms with Crippen molar-refractivity contribution in [3.8, 4) is 11.5 Å². The number of hydrogen-bond acceptors (Lipinski definition) is 5. The van der Waals surface area contributed by atoms with Crippen LogP contribution in [0.15, 0.2) is 56.2 Å². The maximum absolute atomic E-state index is 11.7. The molecular formula is C17H17BrN2O4. The van der Waals surface area contributed by atoms with Crippen molar-refractivity contribution in [2.24, 2.45) is 5.10 Å². The Morgan fingerprint density at radius 1 is 1.42 bits per heavy atom. The van der Waals surface area contributed by atoms with Crippen LogP contribution in [-0.4, -0.2) is 25.8 Å². The molecular weight excluding hydrogens is 376 g/mol. The Labute approximate surface area is 148 Å². The lowest BCUT2D eigenvalue weighted by molar-refractivity contribution is -0.123. The quantitative estimate of drug-likeness (QED) is 0.576. The predicted molar refractivity (Wildman–Crippen MR) is 95.2 cm³/mol. The number of allylic oxidation sites excluding steroid dienone is 1. The van der Waals surface area contributed by atoms with E-state index in [-0.39, 0.29) is 12.5 Å². The first kappa shape index (κ1) is 17.8. The van der Waals surface area contributed by atoms with Crippen LogP contribution in [-0.2, 0) is 4.79 Å². The molecule has 0 aliphatic rings. The van der Waals surface area contributed by atoms with Crippen molar-refractivity contribution in [3.63, 3.8) is 0 Å². The summed E-state index contributed by atoms with van der Waals surface area (Å²) in [6.45, 7) is 1.70. The van der Waals surface area contributed by atoms with Crippen LogP contribution in [0.1, 0.15) is 12.7 Å². The van der Waals surface area contributed by atoms with Crippen molar-refractivity contribution >= 4 is 34.1 Å². The van der Waals surface area contributed by atoms with Crippen LogP contribution < -0.4 is 14.9 Å². The van der Waals surface area contributed by atoms with Gasteiger partial charge in [-0.3, -0.25) is 4.79 Å². The molecule has 7 heteroatoms. The Bertz CT molecular complexity index is 739. The summed E-state index contributed by atoms with van der Waals surface area (Å²) in [6, 6.07) is 8.85. The highest BCUT2D eigenvalue weighted by atomic mass is 79.9. The molecule has 0 saturated carbocycles. The van der Waals surface area contributed by atoms with Crippen LogP contribution in [0.4, 0.5) is 0 Å². The van der Waals surface area contributed by atoms with Crippen molar-refractivity contribution < 1.29 is 18.7 Å². The summed E-state index contributed by atoms with van der Waals surface area (Å²) in [5.74, 6) is 1.60. The number of hydrogen-bond donors (Lipinski definition) is 1. The predicted octanol–water partition coefficient (Wildman–Crippen LogP) is 3.64. The molecule has 0 spiro atoms. The molecule has 1 aromatic carbocycles. The monoisotopic (exact) mass is 392 g/mol. The highest BCUT2D eigenvalue weighted by Gasteiger charge is 2.06. The van der Waals surface area contributed by atoms with Crippen LogP contribution in [0.25, 0.3) is 6.08 Å². The fourth-order valence-electron chi connectivity index (χ4n) is 1.74. The van der Waals surface area contributed by atoms with E-state index >= 15 is 0 Å². The molecule has 1 heterocycles. The first-order valence-electron chi connectivity index (χ1n) is 7.08. The van der Waals surface area contributed by atoms with Gasteiger partial charge in [0.1, 0.15) is 17.3 Å². The number of nitrogens with one attached hydrogen (secondary N) is 1. The van der Waals surface area contributed by atoms with Crippen LogP contribution >= 0.6 is 15.9 Å². The maximum atomic E-state index is 11.7. The molecule has 1 N–H and O–H groups in total. The summed E-state index contributed by atoms with van der Waals surface area (Å²) in [5.41, 5.74) is 3.24. The van der Waals surface area contributed by atoms with Crippen LogP contribution in [0.2, 0.25) is 0 Å². The van der Waals surface area contributed by atoms with E-state index in [0.29, 0.717) is 16.0 Å². The number of carbonyl (C=O) groups excluding carboxylic acids is 1. The van der Waals surface area contributed by atoms with Gasteiger partial charge in [-0.05, 0) is 64.8 Å². The molecule has 0 atom stereocenters. The van der Waals surface area contributed by atoms with Crippen LogP contribution in [0.5, 0.6) is 11.5 Å². The second-order valence-corrected chi connectivity index (χ2v) is 5.64. The van der Waals surface area contributed by atoms with E-state index in [4.69, 9.17) is 13.9 Å². The first-order chi connectivity index (χ1) is 11.6. The number of benzene rings is 1. The zero-order valence-electron chi connectivity index (χ0n) is 13.3. The van der Waals surface area contributed by atoms with E-state index in [2.05, 4.69) is 26.5 Å². The molecule has 0 unspecified atom stereocenters. The summed E-state index contributed by atoms with van der Waals surface area (Å²) in [5, 5.41) is 3.87. The third-order valence-corrected chi connectivity index (χ3v) is 3.49. The molecule has 2 rings (SSSR count). The van der Waals surface area contributed by atoms with E-state index in [9.17, 15) is 4.79 Å².